The van der Waals surface area contributed by atoms with E-state index in [0.29, 0.717) is 18.8 Å². The molecule has 1 aliphatic rings. The lowest BCUT2D eigenvalue weighted by Crippen LogP contribution is -2.45. The predicted octanol–water partition coefficient (Wildman–Crippen LogP) is 3.97. The second-order valence-corrected chi connectivity index (χ2v) is 5.23. The molecule has 2 atom stereocenters. The van der Waals surface area contributed by atoms with Crippen LogP contribution >= 0.6 is 11.6 Å². The maximum Gasteiger partial charge on any atom is 0.417 e. The summed E-state index contributed by atoms with van der Waals surface area (Å²) >= 11 is 5.61. The Hall–Kier alpha value is -0.940. The zero-order valence-corrected chi connectivity index (χ0v) is 11.4. The van der Waals surface area contributed by atoms with Gasteiger partial charge in [0.2, 0.25) is 0 Å². The van der Waals surface area contributed by atoms with E-state index in [1.54, 1.807) is 6.07 Å². The lowest BCUT2D eigenvalue weighted by molar-refractivity contribution is -0.137. The van der Waals surface area contributed by atoms with Gasteiger partial charge >= 0.3 is 6.18 Å². The third-order valence-corrected chi connectivity index (χ3v) is 3.37. The second kappa shape index (κ2) is 5.21. The Morgan fingerprint density at radius 1 is 1.21 bits per heavy atom. The maximum absolute atomic E-state index is 12.8. The number of halogens is 4. The van der Waals surface area contributed by atoms with Crippen molar-refractivity contribution in [3.05, 3.63) is 28.8 Å². The molecule has 0 aliphatic carbocycles. The van der Waals surface area contributed by atoms with Crippen LogP contribution in [0.3, 0.4) is 0 Å². The lowest BCUT2D eigenvalue weighted by atomic mass is 10.1. The molecule has 0 bridgehead atoms. The van der Waals surface area contributed by atoms with Gasteiger partial charge in [0.25, 0.3) is 0 Å². The summed E-state index contributed by atoms with van der Waals surface area (Å²) in [6.45, 7) is 4.96. The van der Waals surface area contributed by atoms with Gasteiger partial charge in [0.05, 0.1) is 22.8 Å². The molecule has 0 N–H and O–H groups in total. The van der Waals surface area contributed by atoms with Crippen molar-refractivity contribution in [1.29, 1.82) is 0 Å². The molecule has 1 saturated heterocycles. The van der Waals surface area contributed by atoms with Crippen LogP contribution in [-0.4, -0.2) is 25.3 Å². The van der Waals surface area contributed by atoms with Crippen LogP contribution in [0.5, 0.6) is 0 Å². The average molecular weight is 294 g/mol. The van der Waals surface area contributed by atoms with E-state index in [1.807, 2.05) is 18.7 Å². The second-order valence-electron chi connectivity index (χ2n) is 4.82. The normalized spacial score (nSPS) is 24.6. The van der Waals surface area contributed by atoms with Gasteiger partial charge in [-0.25, -0.2) is 0 Å². The molecule has 106 valence electrons. The van der Waals surface area contributed by atoms with E-state index in [-0.39, 0.29) is 17.2 Å². The van der Waals surface area contributed by atoms with E-state index in [1.165, 1.54) is 6.07 Å². The van der Waals surface area contributed by atoms with Crippen molar-refractivity contribution in [2.45, 2.75) is 32.2 Å². The van der Waals surface area contributed by atoms with Gasteiger partial charge in [-0.1, -0.05) is 11.6 Å². The standard InChI is InChI=1S/C13H15ClF3NO/c1-8-6-18(7-9(2)19-8)10-3-4-12(14)11(5-10)13(15,16)17/h3-5,8-9H,6-7H2,1-2H3. The molecule has 0 radical (unpaired) electrons. The van der Waals surface area contributed by atoms with Crippen molar-refractivity contribution < 1.29 is 17.9 Å². The van der Waals surface area contributed by atoms with Gasteiger partial charge in [0.15, 0.2) is 0 Å². The number of hydrogen-bond acceptors (Lipinski definition) is 2. The largest absolute Gasteiger partial charge is 0.417 e. The summed E-state index contributed by atoms with van der Waals surface area (Å²) in [6.07, 6.45) is -4.45. The monoisotopic (exact) mass is 293 g/mol. The van der Waals surface area contributed by atoms with E-state index in [4.69, 9.17) is 16.3 Å². The molecule has 2 unspecified atom stereocenters. The van der Waals surface area contributed by atoms with E-state index in [2.05, 4.69) is 0 Å². The number of morpholine rings is 1. The van der Waals surface area contributed by atoms with Crippen LogP contribution in [0, 0.1) is 0 Å². The molecule has 0 saturated carbocycles. The first kappa shape index (κ1) is 14.5. The number of nitrogens with zero attached hydrogens (tertiary/aromatic N) is 1. The maximum atomic E-state index is 12.8. The molecule has 19 heavy (non-hydrogen) atoms. The van der Waals surface area contributed by atoms with Crippen molar-refractivity contribution in [1.82, 2.24) is 0 Å². The highest BCUT2D eigenvalue weighted by molar-refractivity contribution is 6.31. The molecule has 0 amide bonds. The van der Waals surface area contributed by atoms with Crippen LogP contribution in [0.2, 0.25) is 5.02 Å². The number of ether oxygens (including phenoxy) is 1. The Morgan fingerprint density at radius 3 is 2.32 bits per heavy atom. The molecule has 1 fully saturated rings. The van der Waals surface area contributed by atoms with Gasteiger partial charge in [0, 0.05) is 18.8 Å². The topological polar surface area (TPSA) is 12.5 Å². The Balaban J connectivity index is 2.30. The van der Waals surface area contributed by atoms with Gasteiger partial charge in [-0.15, -0.1) is 0 Å². The summed E-state index contributed by atoms with van der Waals surface area (Å²) in [4.78, 5) is 1.89. The molecule has 1 heterocycles. The molecule has 1 aliphatic heterocycles. The Kier molecular flexibility index (Phi) is 3.97. The molecule has 1 aromatic carbocycles. The van der Waals surface area contributed by atoms with E-state index in [9.17, 15) is 13.2 Å². The first-order chi connectivity index (χ1) is 8.77. The summed E-state index contributed by atoms with van der Waals surface area (Å²) in [6, 6.07) is 4.01. The summed E-state index contributed by atoms with van der Waals surface area (Å²) in [7, 11) is 0. The SMILES string of the molecule is CC1CN(c2ccc(Cl)c(C(F)(F)F)c2)CC(C)O1. The van der Waals surface area contributed by atoms with Crippen LogP contribution in [-0.2, 0) is 10.9 Å². The minimum atomic E-state index is -4.43. The molecule has 6 heteroatoms. The summed E-state index contributed by atoms with van der Waals surface area (Å²) in [5.74, 6) is 0. The Labute approximate surface area is 115 Å². The molecular formula is C13H15ClF3NO. The molecule has 0 aromatic heterocycles. The van der Waals surface area contributed by atoms with Crippen LogP contribution in [0.15, 0.2) is 18.2 Å². The molecule has 2 nitrogen and oxygen atoms in total. The zero-order valence-electron chi connectivity index (χ0n) is 10.7. The zero-order chi connectivity index (χ0) is 14.2. The third-order valence-electron chi connectivity index (χ3n) is 3.04. The van der Waals surface area contributed by atoms with Gasteiger partial charge in [-0.05, 0) is 32.0 Å². The van der Waals surface area contributed by atoms with E-state index in [0.717, 1.165) is 6.07 Å². The third kappa shape index (κ3) is 3.34. The highest BCUT2D eigenvalue weighted by atomic mass is 35.5. The number of rotatable bonds is 1. The fourth-order valence-electron chi connectivity index (χ4n) is 2.32. The highest BCUT2D eigenvalue weighted by Gasteiger charge is 2.34. The number of hydrogen-bond donors (Lipinski definition) is 0. The molecular weight excluding hydrogens is 279 g/mol. The van der Waals surface area contributed by atoms with Crippen LogP contribution < -0.4 is 4.90 Å². The lowest BCUT2D eigenvalue weighted by Gasteiger charge is -2.37. The Bertz CT molecular complexity index is 454. The van der Waals surface area contributed by atoms with Crippen molar-refractivity contribution in [3.63, 3.8) is 0 Å². The number of alkyl halides is 3. The quantitative estimate of drug-likeness (QED) is 0.777. The Morgan fingerprint density at radius 2 is 1.79 bits per heavy atom. The van der Waals surface area contributed by atoms with Crippen LogP contribution in [0.1, 0.15) is 19.4 Å². The number of benzene rings is 1. The molecule has 0 spiro atoms. The fraction of sp³-hybridized carbons (Fsp3) is 0.538. The summed E-state index contributed by atoms with van der Waals surface area (Å²) in [5.41, 5.74) is -0.266. The van der Waals surface area contributed by atoms with Crippen molar-refractivity contribution in [2.75, 3.05) is 18.0 Å². The summed E-state index contributed by atoms with van der Waals surface area (Å²) < 4.78 is 44.0. The van der Waals surface area contributed by atoms with E-state index < -0.39 is 11.7 Å². The molecule has 2 rings (SSSR count). The van der Waals surface area contributed by atoms with E-state index >= 15 is 0 Å². The minimum absolute atomic E-state index is 0.00577. The van der Waals surface area contributed by atoms with Gasteiger partial charge < -0.3 is 9.64 Å². The van der Waals surface area contributed by atoms with Crippen LogP contribution in [0.25, 0.3) is 0 Å². The minimum Gasteiger partial charge on any atom is -0.372 e. The fourth-order valence-corrected chi connectivity index (χ4v) is 2.54. The van der Waals surface area contributed by atoms with Crippen molar-refractivity contribution in [3.8, 4) is 0 Å². The average Bonchev–Trinajstić information content (AvgIpc) is 2.26. The first-order valence-electron chi connectivity index (χ1n) is 6.04. The van der Waals surface area contributed by atoms with Crippen molar-refractivity contribution in [2.24, 2.45) is 0 Å². The number of anilines is 1. The smallest absolute Gasteiger partial charge is 0.372 e. The predicted molar refractivity (Wildman–Crippen MR) is 68.7 cm³/mol. The molecule has 1 aromatic rings. The van der Waals surface area contributed by atoms with Gasteiger partial charge in [0.1, 0.15) is 0 Å². The van der Waals surface area contributed by atoms with Gasteiger partial charge in [-0.2, -0.15) is 13.2 Å². The highest BCUT2D eigenvalue weighted by Crippen LogP contribution is 2.37. The van der Waals surface area contributed by atoms with Crippen LogP contribution in [0.4, 0.5) is 18.9 Å². The van der Waals surface area contributed by atoms with Gasteiger partial charge in [-0.3, -0.25) is 0 Å². The first-order valence-corrected chi connectivity index (χ1v) is 6.42. The summed E-state index contributed by atoms with van der Waals surface area (Å²) in [5, 5.41) is -0.273. The van der Waals surface area contributed by atoms with Crippen molar-refractivity contribution >= 4 is 17.3 Å².